The molecule has 170 valence electrons. The van der Waals surface area contributed by atoms with Crippen LogP contribution < -0.4 is 24.8 Å². The molecule has 0 atom stereocenters. The normalized spacial score (nSPS) is 14.5. The SMILES string of the molecule is C1C[Si]C1.CCc1cccc(C2=[C-]CC=C2)c1.CCc1cccc(C2=[C-]CC=C2)c1.[Cl-].[Cl-].[Zr+4]. The summed E-state index contributed by atoms with van der Waals surface area (Å²) in [6.45, 7) is 4.36. The van der Waals surface area contributed by atoms with E-state index in [4.69, 9.17) is 0 Å². The van der Waals surface area contributed by atoms with Gasteiger partial charge in [0, 0.05) is 9.52 Å². The maximum Gasteiger partial charge on any atom is 4.00 e. The van der Waals surface area contributed by atoms with Gasteiger partial charge in [0.2, 0.25) is 0 Å². The maximum atomic E-state index is 3.33. The van der Waals surface area contributed by atoms with Gasteiger partial charge in [0.05, 0.1) is 0 Å². The van der Waals surface area contributed by atoms with Gasteiger partial charge in [0.1, 0.15) is 0 Å². The summed E-state index contributed by atoms with van der Waals surface area (Å²) in [6.07, 6.45) is 20.9. The number of hydrogen-bond acceptors (Lipinski definition) is 0. The molecule has 3 aliphatic rings. The van der Waals surface area contributed by atoms with Crippen molar-refractivity contribution >= 4 is 20.7 Å². The van der Waals surface area contributed by atoms with Crippen molar-refractivity contribution in [2.45, 2.75) is 58.0 Å². The van der Waals surface area contributed by atoms with E-state index in [1.165, 1.54) is 61.4 Å². The average Bonchev–Trinajstić information content (AvgIpc) is 3.47. The molecule has 0 amide bonds. The Morgan fingerprint density at radius 3 is 1.39 bits per heavy atom. The standard InChI is InChI=1S/2C13H13.C3H6Si.2ClH.Zr/c2*1-2-11-6-5-9-13(10-11)12-7-3-4-8-12;1-2-4-3-1;;;/h2*3,5-7,9-10H,2,4H2,1H3;1-3H2;2*1H;/q2*-1;;;;+4/p-2. The van der Waals surface area contributed by atoms with Crippen molar-refractivity contribution in [1.29, 1.82) is 0 Å². The third kappa shape index (κ3) is 10.9. The minimum atomic E-state index is 0. The minimum Gasteiger partial charge on any atom is -1.00 e. The van der Waals surface area contributed by atoms with E-state index in [9.17, 15) is 0 Å². The van der Waals surface area contributed by atoms with Crippen LogP contribution in [-0.2, 0) is 39.0 Å². The van der Waals surface area contributed by atoms with E-state index in [0.29, 0.717) is 0 Å². The molecule has 1 aliphatic heterocycles. The van der Waals surface area contributed by atoms with Gasteiger partial charge in [0.15, 0.2) is 0 Å². The number of hydrogen-bond donors (Lipinski definition) is 0. The van der Waals surface area contributed by atoms with Crippen molar-refractivity contribution in [2.75, 3.05) is 0 Å². The molecular formula is C29H32Cl2SiZr. The molecule has 1 fully saturated rings. The van der Waals surface area contributed by atoms with E-state index in [1.54, 1.807) is 0 Å². The number of halogens is 2. The molecule has 0 aromatic heterocycles. The van der Waals surface area contributed by atoms with Crippen LogP contribution in [0.15, 0.2) is 72.8 Å². The summed E-state index contributed by atoms with van der Waals surface area (Å²) in [5, 5.41) is 0. The molecule has 0 saturated carbocycles. The number of benzene rings is 2. The summed E-state index contributed by atoms with van der Waals surface area (Å²) < 4.78 is 0. The number of aryl methyl sites for hydroxylation is 2. The van der Waals surface area contributed by atoms with Crippen molar-refractivity contribution in [1.82, 2.24) is 0 Å². The first-order chi connectivity index (χ1) is 14.8. The van der Waals surface area contributed by atoms with Gasteiger partial charge in [-0.15, -0.1) is 47.5 Å². The molecule has 1 saturated heterocycles. The quantitative estimate of drug-likeness (QED) is 0.388. The van der Waals surface area contributed by atoms with Gasteiger partial charge >= 0.3 is 26.2 Å². The Labute approximate surface area is 235 Å². The Morgan fingerprint density at radius 1 is 0.727 bits per heavy atom. The van der Waals surface area contributed by atoms with Crippen molar-refractivity contribution in [3.63, 3.8) is 0 Å². The van der Waals surface area contributed by atoms with E-state index in [-0.39, 0.29) is 51.0 Å². The van der Waals surface area contributed by atoms with E-state index in [0.717, 1.165) is 25.7 Å². The Morgan fingerprint density at radius 2 is 1.12 bits per heavy atom. The molecule has 4 heteroatoms. The zero-order chi connectivity index (χ0) is 21.0. The second kappa shape index (κ2) is 18.4. The molecule has 2 aliphatic carbocycles. The van der Waals surface area contributed by atoms with Gasteiger partial charge < -0.3 is 24.8 Å². The van der Waals surface area contributed by atoms with Crippen LogP contribution in [0.2, 0.25) is 12.1 Å². The first kappa shape index (κ1) is 32.1. The average molecular weight is 571 g/mol. The third-order valence-corrected chi connectivity index (χ3v) is 6.80. The molecule has 0 nitrogen and oxygen atoms in total. The Hall–Kier alpha value is -0.920. The fraction of sp³-hybridized carbons (Fsp3) is 0.310. The summed E-state index contributed by atoms with van der Waals surface area (Å²) in [5.74, 6) is 0. The fourth-order valence-electron chi connectivity index (χ4n) is 3.30. The van der Waals surface area contributed by atoms with Gasteiger partial charge in [-0.05, 0) is 12.8 Å². The molecule has 2 aromatic carbocycles. The van der Waals surface area contributed by atoms with Crippen LogP contribution in [0, 0.1) is 12.2 Å². The molecule has 1 heterocycles. The van der Waals surface area contributed by atoms with Gasteiger partial charge in [0.25, 0.3) is 0 Å². The van der Waals surface area contributed by atoms with Crippen molar-refractivity contribution < 1.29 is 51.0 Å². The molecule has 0 N–H and O–H groups in total. The van der Waals surface area contributed by atoms with Crippen LogP contribution >= 0.6 is 0 Å². The Balaban J connectivity index is 0.000000492. The molecule has 0 spiro atoms. The predicted molar refractivity (Wildman–Crippen MR) is 132 cm³/mol. The van der Waals surface area contributed by atoms with E-state index in [2.05, 4.69) is 98.8 Å². The van der Waals surface area contributed by atoms with Crippen LogP contribution in [0.3, 0.4) is 0 Å². The topological polar surface area (TPSA) is 0 Å². The Bertz CT molecular complexity index is 863. The van der Waals surface area contributed by atoms with Gasteiger partial charge in [-0.25, -0.2) is 0 Å². The maximum absolute atomic E-state index is 3.33. The van der Waals surface area contributed by atoms with E-state index in [1.807, 2.05) is 0 Å². The molecule has 33 heavy (non-hydrogen) atoms. The molecule has 0 bridgehead atoms. The van der Waals surface area contributed by atoms with E-state index >= 15 is 0 Å². The van der Waals surface area contributed by atoms with Crippen LogP contribution in [-0.4, -0.2) is 9.52 Å². The zero-order valence-corrected chi connectivity index (χ0v) is 24.6. The summed E-state index contributed by atoms with van der Waals surface area (Å²) >= 11 is 0. The van der Waals surface area contributed by atoms with Gasteiger partial charge in [-0.2, -0.15) is 35.5 Å². The molecule has 2 aromatic rings. The molecule has 5 rings (SSSR count). The van der Waals surface area contributed by atoms with Crippen molar-refractivity contribution in [3.8, 4) is 0 Å². The minimum absolute atomic E-state index is 0. The summed E-state index contributed by atoms with van der Waals surface area (Å²) in [4.78, 5) is 0. The monoisotopic (exact) mass is 568 g/mol. The Kier molecular flexibility index (Phi) is 17.9. The first-order valence-electron chi connectivity index (χ1n) is 11.2. The molecule has 2 radical (unpaired) electrons. The van der Waals surface area contributed by atoms with E-state index < -0.39 is 0 Å². The van der Waals surface area contributed by atoms with Crippen LogP contribution in [0.1, 0.15) is 55.4 Å². The van der Waals surface area contributed by atoms with Crippen LogP contribution in [0.25, 0.3) is 11.1 Å². The molecular weight excluding hydrogens is 539 g/mol. The second-order valence-electron chi connectivity index (χ2n) is 7.61. The van der Waals surface area contributed by atoms with Crippen molar-refractivity contribution in [3.05, 3.63) is 107 Å². The van der Waals surface area contributed by atoms with Gasteiger partial charge in [-0.1, -0.05) is 80.6 Å². The number of allylic oxidation sites excluding steroid dienone is 8. The third-order valence-electron chi connectivity index (χ3n) is 5.39. The van der Waals surface area contributed by atoms with Crippen LogP contribution in [0.5, 0.6) is 0 Å². The zero-order valence-electron chi connectivity index (χ0n) is 19.6. The van der Waals surface area contributed by atoms with Crippen LogP contribution in [0.4, 0.5) is 0 Å². The summed E-state index contributed by atoms with van der Waals surface area (Å²) in [5.41, 5.74) is 7.88. The fourth-order valence-corrected chi connectivity index (χ4v) is 3.65. The largest absolute Gasteiger partial charge is 4.00 e. The molecule has 0 unspecified atom stereocenters. The second-order valence-corrected chi connectivity index (χ2v) is 9.11. The smallest absolute Gasteiger partial charge is 1.00 e. The first-order valence-corrected chi connectivity index (χ1v) is 12.7. The predicted octanol–water partition coefficient (Wildman–Crippen LogP) is 1.73. The number of rotatable bonds is 4. The summed E-state index contributed by atoms with van der Waals surface area (Å²) in [7, 11) is 1.32. The summed E-state index contributed by atoms with van der Waals surface area (Å²) in [6, 6.07) is 20.4. The van der Waals surface area contributed by atoms with Gasteiger partial charge in [-0.3, -0.25) is 0 Å². The van der Waals surface area contributed by atoms with Crippen molar-refractivity contribution in [2.24, 2.45) is 0 Å².